The van der Waals surface area contributed by atoms with Gasteiger partial charge in [-0.25, -0.2) is 9.97 Å². The Balaban J connectivity index is 1.60. The maximum absolute atomic E-state index is 12.8. The molecule has 0 bridgehead atoms. The van der Waals surface area contributed by atoms with Crippen LogP contribution in [0.25, 0.3) is 0 Å². The van der Waals surface area contributed by atoms with E-state index >= 15 is 0 Å². The fourth-order valence-electron chi connectivity index (χ4n) is 3.29. The lowest BCUT2D eigenvalue weighted by molar-refractivity contribution is 0.0683. The van der Waals surface area contributed by atoms with Gasteiger partial charge in [0.1, 0.15) is 5.69 Å². The number of likely N-dealkylation sites (tertiary alicyclic amines) is 1. The van der Waals surface area contributed by atoms with Gasteiger partial charge in [0.25, 0.3) is 5.91 Å². The number of aromatic nitrogens is 2. The molecule has 2 heterocycles. The molecule has 1 aromatic carbocycles. The first kappa shape index (κ1) is 17.9. The second-order valence-electron chi connectivity index (χ2n) is 6.54. The molecule has 4 nitrogen and oxygen atoms in total. The number of carbonyl (C=O) groups is 1. The third-order valence-corrected chi connectivity index (χ3v) is 5.32. The predicted octanol–water partition coefficient (Wildman–Crippen LogP) is 3.99. The summed E-state index contributed by atoms with van der Waals surface area (Å²) in [5.74, 6) is 1.61. The van der Waals surface area contributed by atoms with E-state index < -0.39 is 0 Å². The van der Waals surface area contributed by atoms with Gasteiger partial charge in [-0.2, -0.15) is 0 Å². The molecule has 1 aliphatic rings. The number of rotatable bonds is 5. The van der Waals surface area contributed by atoms with E-state index in [1.165, 1.54) is 5.56 Å². The second kappa shape index (κ2) is 8.48. The zero-order valence-corrected chi connectivity index (χ0v) is 15.8. The van der Waals surface area contributed by atoms with Crippen LogP contribution in [0.1, 0.15) is 41.5 Å². The quantitative estimate of drug-likeness (QED) is 0.601. The molecule has 25 heavy (non-hydrogen) atoms. The number of thioether (sulfide) groups is 1. The Kier molecular flexibility index (Phi) is 6.08. The van der Waals surface area contributed by atoms with E-state index in [1.807, 2.05) is 11.8 Å². The van der Waals surface area contributed by atoms with Crippen LogP contribution in [0, 0.1) is 12.8 Å². The number of nitrogens with zero attached hydrogens (tertiary/aromatic N) is 3. The van der Waals surface area contributed by atoms with Crippen LogP contribution in [-0.4, -0.2) is 39.6 Å². The van der Waals surface area contributed by atoms with Crippen LogP contribution in [0.3, 0.4) is 0 Å². The zero-order chi connectivity index (χ0) is 17.6. The van der Waals surface area contributed by atoms with Gasteiger partial charge in [-0.3, -0.25) is 4.79 Å². The normalized spacial score (nSPS) is 15.4. The highest BCUT2D eigenvalue weighted by Crippen LogP contribution is 2.23. The van der Waals surface area contributed by atoms with Crippen LogP contribution < -0.4 is 0 Å². The van der Waals surface area contributed by atoms with Crippen molar-refractivity contribution in [2.75, 3.05) is 18.8 Å². The molecule has 1 saturated heterocycles. The lowest BCUT2D eigenvalue weighted by Crippen LogP contribution is -2.39. The molecule has 1 amide bonds. The van der Waals surface area contributed by atoms with Gasteiger partial charge in [0.05, 0.1) is 0 Å². The van der Waals surface area contributed by atoms with E-state index in [1.54, 1.807) is 17.8 Å². The minimum absolute atomic E-state index is 0.0432. The summed E-state index contributed by atoms with van der Waals surface area (Å²) >= 11 is 1.58. The van der Waals surface area contributed by atoms with Crippen molar-refractivity contribution in [2.45, 2.75) is 38.3 Å². The molecule has 0 unspecified atom stereocenters. The summed E-state index contributed by atoms with van der Waals surface area (Å²) in [6.45, 7) is 5.62. The smallest absolute Gasteiger partial charge is 0.272 e. The molecule has 132 valence electrons. The molecule has 0 radical (unpaired) electrons. The lowest BCUT2D eigenvalue weighted by Gasteiger charge is -2.32. The molecule has 0 spiro atoms. The van der Waals surface area contributed by atoms with Crippen LogP contribution in [0.4, 0.5) is 0 Å². The van der Waals surface area contributed by atoms with Gasteiger partial charge in [0.15, 0.2) is 5.16 Å². The van der Waals surface area contributed by atoms with Crippen molar-refractivity contribution < 1.29 is 4.79 Å². The van der Waals surface area contributed by atoms with Gasteiger partial charge in [-0.15, -0.1) is 0 Å². The van der Waals surface area contributed by atoms with E-state index in [4.69, 9.17) is 0 Å². The van der Waals surface area contributed by atoms with Crippen LogP contribution in [0.15, 0.2) is 41.6 Å². The van der Waals surface area contributed by atoms with Crippen molar-refractivity contribution in [2.24, 2.45) is 5.92 Å². The first-order chi connectivity index (χ1) is 12.2. The average molecular weight is 356 g/mol. The zero-order valence-electron chi connectivity index (χ0n) is 14.9. The summed E-state index contributed by atoms with van der Waals surface area (Å²) in [7, 11) is 0. The monoisotopic (exact) mass is 355 g/mol. The minimum Gasteiger partial charge on any atom is -0.337 e. The van der Waals surface area contributed by atoms with Crippen LogP contribution in [-0.2, 0) is 6.42 Å². The topological polar surface area (TPSA) is 46.1 Å². The molecule has 1 aromatic heterocycles. The summed E-state index contributed by atoms with van der Waals surface area (Å²) in [5.41, 5.74) is 2.78. The highest BCUT2D eigenvalue weighted by molar-refractivity contribution is 7.99. The molecule has 1 aliphatic heterocycles. The number of piperidine rings is 1. The van der Waals surface area contributed by atoms with Gasteiger partial charge in [-0.1, -0.05) is 49.0 Å². The molecule has 0 atom stereocenters. The summed E-state index contributed by atoms with van der Waals surface area (Å²) in [5, 5.41) is 0.699. The minimum atomic E-state index is 0.0432. The van der Waals surface area contributed by atoms with E-state index in [9.17, 15) is 4.79 Å². The van der Waals surface area contributed by atoms with Crippen LogP contribution >= 0.6 is 11.8 Å². The molecule has 5 heteroatoms. The number of hydrogen-bond acceptors (Lipinski definition) is 4. The standard InChI is InChI=1S/C20H25N3OS/c1-3-25-20-21-15(2)13-18(22-20)19(24)23-11-9-17(10-12-23)14-16-7-5-4-6-8-16/h4-8,13,17H,3,9-12,14H2,1-2H3. The first-order valence-corrected chi connectivity index (χ1v) is 9.96. The third-order valence-electron chi connectivity index (χ3n) is 4.60. The van der Waals surface area contributed by atoms with E-state index in [0.29, 0.717) is 16.8 Å². The predicted molar refractivity (Wildman–Crippen MR) is 102 cm³/mol. The van der Waals surface area contributed by atoms with Crippen molar-refractivity contribution in [1.29, 1.82) is 0 Å². The molecular formula is C20H25N3OS. The molecule has 0 N–H and O–H groups in total. The van der Waals surface area contributed by atoms with Crippen molar-refractivity contribution >= 4 is 17.7 Å². The van der Waals surface area contributed by atoms with Crippen LogP contribution in [0.5, 0.6) is 0 Å². The molecule has 2 aromatic rings. The van der Waals surface area contributed by atoms with Gasteiger partial charge in [-0.05, 0) is 49.5 Å². The third kappa shape index (κ3) is 4.82. The number of carbonyl (C=O) groups excluding carboxylic acids is 1. The fraction of sp³-hybridized carbons (Fsp3) is 0.450. The van der Waals surface area contributed by atoms with E-state index in [-0.39, 0.29) is 5.91 Å². The summed E-state index contributed by atoms with van der Waals surface area (Å²) < 4.78 is 0. The largest absolute Gasteiger partial charge is 0.337 e. The molecule has 1 fully saturated rings. The summed E-state index contributed by atoms with van der Waals surface area (Å²) in [4.78, 5) is 23.6. The molecule has 0 aliphatic carbocycles. The Labute approximate surface area is 154 Å². The van der Waals surface area contributed by atoms with Crippen molar-refractivity contribution in [1.82, 2.24) is 14.9 Å². The van der Waals surface area contributed by atoms with Gasteiger partial charge in [0, 0.05) is 18.8 Å². The average Bonchev–Trinajstić information content (AvgIpc) is 2.62. The van der Waals surface area contributed by atoms with E-state index in [2.05, 4.69) is 47.2 Å². The maximum Gasteiger partial charge on any atom is 0.272 e. The number of hydrogen-bond donors (Lipinski definition) is 0. The Hall–Kier alpha value is -1.88. The number of benzene rings is 1. The highest BCUT2D eigenvalue weighted by atomic mass is 32.2. The Morgan fingerprint density at radius 1 is 1.20 bits per heavy atom. The molecule has 0 saturated carbocycles. The first-order valence-electron chi connectivity index (χ1n) is 8.97. The summed E-state index contributed by atoms with van der Waals surface area (Å²) in [6.07, 6.45) is 3.22. The SMILES string of the molecule is CCSc1nc(C)cc(C(=O)N2CCC(Cc3ccccc3)CC2)n1. The van der Waals surface area contributed by atoms with Crippen molar-refractivity contribution in [3.05, 3.63) is 53.3 Å². The number of amides is 1. The van der Waals surface area contributed by atoms with Gasteiger partial charge < -0.3 is 4.90 Å². The van der Waals surface area contributed by atoms with Gasteiger partial charge in [0.2, 0.25) is 0 Å². The second-order valence-corrected chi connectivity index (χ2v) is 7.77. The Bertz CT molecular complexity index is 712. The number of aryl methyl sites for hydroxylation is 1. The van der Waals surface area contributed by atoms with Crippen LogP contribution in [0.2, 0.25) is 0 Å². The van der Waals surface area contributed by atoms with Crippen molar-refractivity contribution in [3.63, 3.8) is 0 Å². The fourth-order valence-corrected chi connectivity index (χ4v) is 3.92. The van der Waals surface area contributed by atoms with Crippen molar-refractivity contribution in [3.8, 4) is 0 Å². The highest BCUT2D eigenvalue weighted by Gasteiger charge is 2.25. The Morgan fingerprint density at radius 2 is 1.92 bits per heavy atom. The maximum atomic E-state index is 12.8. The molecular weight excluding hydrogens is 330 g/mol. The summed E-state index contributed by atoms with van der Waals surface area (Å²) in [6, 6.07) is 12.4. The molecule has 3 rings (SSSR count). The van der Waals surface area contributed by atoms with Gasteiger partial charge >= 0.3 is 0 Å². The lowest BCUT2D eigenvalue weighted by atomic mass is 9.90. The Morgan fingerprint density at radius 3 is 2.60 bits per heavy atom. The van der Waals surface area contributed by atoms with E-state index in [0.717, 1.165) is 43.8 Å².